The minimum absolute atomic E-state index is 0.0262. The predicted octanol–water partition coefficient (Wildman–Crippen LogP) is -0.567. The molecule has 0 saturated carbocycles. The lowest BCUT2D eigenvalue weighted by atomic mass is 10.1. The number of quaternary nitrogens is 1. The Hall–Kier alpha value is -0.570. The summed E-state index contributed by atoms with van der Waals surface area (Å²) in [4.78, 5) is 10.0. The van der Waals surface area contributed by atoms with E-state index in [-0.39, 0.29) is 12.1 Å². The Kier molecular flexibility index (Phi) is 2.65. The van der Waals surface area contributed by atoms with Crippen LogP contribution in [0, 0.1) is 0 Å². The first kappa shape index (κ1) is 8.43. The van der Waals surface area contributed by atoms with E-state index in [4.69, 9.17) is 5.11 Å². The monoisotopic (exact) mass is 132 g/mol. The molecule has 3 nitrogen and oxygen atoms in total. The smallest absolute Gasteiger partial charge is 0.359 e. The number of aliphatic carboxylic acids is 1. The third kappa shape index (κ3) is 7.43. The Labute approximate surface area is 55.1 Å². The summed E-state index contributed by atoms with van der Waals surface area (Å²) >= 11 is 0. The van der Waals surface area contributed by atoms with Crippen LogP contribution >= 0.6 is 0 Å². The lowest BCUT2D eigenvalue weighted by Crippen LogP contribution is -2.95. The maximum atomic E-state index is 10.0. The summed E-state index contributed by atoms with van der Waals surface area (Å²) in [6.07, 6.45) is 0. The van der Waals surface area contributed by atoms with Gasteiger partial charge in [-0.2, -0.15) is 0 Å². The molecule has 0 aliphatic carbocycles. The lowest BCUT2D eigenvalue weighted by molar-refractivity contribution is -0.708. The number of carbonyl (C=O) groups is 1. The van der Waals surface area contributed by atoms with Crippen LogP contribution in [0.3, 0.4) is 0 Å². The molecule has 0 aromatic carbocycles. The third-order valence-electron chi connectivity index (χ3n) is 0.889. The van der Waals surface area contributed by atoms with Gasteiger partial charge in [0, 0.05) is 0 Å². The van der Waals surface area contributed by atoms with E-state index in [0.717, 1.165) is 0 Å². The first-order valence-corrected chi connectivity index (χ1v) is 2.98. The van der Waals surface area contributed by atoms with E-state index in [1.807, 2.05) is 20.8 Å². The van der Waals surface area contributed by atoms with Gasteiger partial charge in [-0.25, -0.2) is 4.79 Å². The topological polar surface area (TPSA) is 53.9 Å². The molecule has 3 heteroatoms. The van der Waals surface area contributed by atoms with Gasteiger partial charge >= 0.3 is 5.97 Å². The minimum Gasteiger partial charge on any atom is -0.477 e. The Morgan fingerprint density at radius 1 is 1.56 bits per heavy atom. The molecule has 0 heterocycles. The van der Waals surface area contributed by atoms with Crippen LogP contribution in [0.4, 0.5) is 0 Å². The molecule has 0 aliphatic heterocycles. The molecule has 0 amide bonds. The Morgan fingerprint density at radius 3 is 2.11 bits per heavy atom. The van der Waals surface area contributed by atoms with Crippen molar-refractivity contribution in [2.45, 2.75) is 26.3 Å². The van der Waals surface area contributed by atoms with Crippen molar-refractivity contribution < 1.29 is 15.2 Å². The maximum absolute atomic E-state index is 10.0. The lowest BCUT2D eigenvalue weighted by Gasteiger charge is -2.14. The highest BCUT2D eigenvalue weighted by atomic mass is 16.4. The molecular formula is C6H14NO2+. The van der Waals surface area contributed by atoms with E-state index in [2.05, 4.69) is 0 Å². The molecule has 0 aromatic rings. The van der Waals surface area contributed by atoms with Gasteiger partial charge in [0.2, 0.25) is 0 Å². The van der Waals surface area contributed by atoms with Crippen molar-refractivity contribution in [3.05, 3.63) is 0 Å². The molecule has 0 unspecified atom stereocenters. The zero-order valence-electron chi connectivity index (χ0n) is 6.14. The van der Waals surface area contributed by atoms with Gasteiger partial charge in [-0.1, -0.05) is 0 Å². The molecular weight excluding hydrogens is 118 g/mol. The fraction of sp³-hybridized carbons (Fsp3) is 0.833. The summed E-state index contributed by atoms with van der Waals surface area (Å²) in [6, 6.07) is 0. The van der Waals surface area contributed by atoms with Crippen LogP contribution in [0.25, 0.3) is 0 Å². The van der Waals surface area contributed by atoms with E-state index < -0.39 is 5.97 Å². The largest absolute Gasteiger partial charge is 0.477 e. The molecule has 0 spiro atoms. The molecule has 0 rings (SSSR count). The quantitative estimate of drug-likeness (QED) is 0.529. The van der Waals surface area contributed by atoms with E-state index in [1.165, 1.54) is 0 Å². The molecule has 3 N–H and O–H groups in total. The van der Waals surface area contributed by atoms with Crippen molar-refractivity contribution in [1.82, 2.24) is 0 Å². The third-order valence-corrected chi connectivity index (χ3v) is 0.889. The highest BCUT2D eigenvalue weighted by molar-refractivity contribution is 5.67. The molecule has 0 bridgehead atoms. The number of hydrogen-bond acceptors (Lipinski definition) is 1. The van der Waals surface area contributed by atoms with Crippen molar-refractivity contribution in [2.24, 2.45) is 0 Å². The van der Waals surface area contributed by atoms with Crippen LogP contribution in [0.1, 0.15) is 20.8 Å². The Balaban J connectivity index is 3.39. The van der Waals surface area contributed by atoms with Crippen molar-refractivity contribution in [3.63, 3.8) is 0 Å². The summed E-state index contributed by atoms with van der Waals surface area (Å²) in [7, 11) is 0. The van der Waals surface area contributed by atoms with Crippen LogP contribution in [-0.2, 0) is 4.79 Å². The van der Waals surface area contributed by atoms with Gasteiger partial charge in [0.25, 0.3) is 0 Å². The maximum Gasteiger partial charge on any atom is 0.359 e. The van der Waals surface area contributed by atoms with E-state index in [1.54, 1.807) is 5.32 Å². The Bertz CT molecular complexity index is 104. The number of hydrogen-bond donors (Lipinski definition) is 2. The number of nitrogens with two attached hydrogens (primary N) is 1. The summed E-state index contributed by atoms with van der Waals surface area (Å²) < 4.78 is 0. The highest BCUT2D eigenvalue weighted by Crippen LogP contribution is 1.87. The van der Waals surface area contributed by atoms with Gasteiger partial charge in [0.1, 0.15) is 0 Å². The standard InChI is InChI=1S/C6H13NO2/c1-6(2,3)7-4-5(8)9/h7H,4H2,1-3H3,(H,8,9)/p+1. The highest BCUT2D eigenvalue weighted by Gasteiger charge is 2.13. The molecule has 0 aromatic heterocycles. The SMILES string of the molecule is CC(C)(C)[NH2+]CC(=O)O. The van der Waals surface area contributed by atoms with Crippen molar-refractivity contribution >= 4 is 5.97 Å². The van der Waals surface area contributed by atoms with Crippen LogP contribution in [0.15, 0.2) is 0 Å². The second kappa shape index (κ2) is 2.82. The van der Waals surface area contributed by atoms with Crippen molar-refractivity contribution in [1.29, 1.82) is 0 Å². The molecule has 0 aliphatic rings. The number of carboxylic acid groups (broad SMARTS) is 1. The summed E-state index contributed by atoms with van der Waals surface area (Å²) in [5.74, 6) is -0.759. The molecule has 0 saturated heterocycles. The second-order valence-corrected chi connectivity index (χ2v) is 3.17. The molecule has 0 fully saturated rings. The first-order valence-electron chi connectivity index (χ1n) is 2.98. The fourth-order valence-electron chi connectivity index (χ4n) is 0.393. The second-order valence-electron chi connectivity index (χ2n) is 3.17. The number of carboxylic acids is 1. The van der Waals surface area contributed by atoms with Crippen LogP contribution < -0.4 is 5.32 Å². The van der Waals surface area contributed by atoms with Crippen molar-refractivity contribution in [3.8, 4) is 0 Å². The van der Waals surface area contributed by atoms with Gasteiger partial charge in [-0.05, 0) is 20.8 Å². The molecule has 0 radical (unpaired) electrons. The predicted molar refractivity (Wildman–Crippen MR) is 34.2 cm³/mol. The van der Waals surface area contributed by atoms with Gasteiger partial charge in [-0.3, -0.25) is 0 Å². The summed E-state index contributed by atoms with van der Waals surface area (Å²) in [5.41, 5.74) is 0.0262. The van der Waals surface area contributed by atoms with Gasteiger partial charge in [0.05, 0.1) is 5.54 Å². The van der Waals surface area contributed by atoms with Gasteiger partial charge < -0.3 is 10.4 Å². The average Bonchev–Trinajstić information content (AvgIpc) is 1.59. The summed E-state index contributed by atoms with van der Waals surface area (Å²) in [5, 5.41) is 10.0. The van der Waals surface area contributed by atoms with Crippen LogP contribution in [0.2, 0.25) is 0 Å². The van der Waals surface area contributed by atoms with E-state index in [0.29, 0.717) is 0 Å². The molecule has 54 valence electrons. The molecule has 9 heavy (non-hydrogen) atoms. The van der Waals surface area contributed by atoms with Crippen LogP contribution in [0.5, 0.6) is 0 Å². The van der Waals surface area contributed by atoms with Crippen molar-refractivity contribution in [2.75, 3.05) is 6.54 Å². The molecule has 0 atom stereocenters. The zero-order chi connectivity index (χ0) is 7.49. The average molecular weight is 132 g/mol. The zero-order valence-corrected chi connectivity index (χ0v) is 6.14. The fourth-order valence-corrected chi connectivity index (χ4v) is 0.393. The van der Waals surface area contributed by atoms with Crippen LogP contribution in [-0.4, -0.2) is 23.2 Å². The first-order chi connectivity index (χ1) is 3.92. The van der Waals surface area contributed by atoms with Gasteiger partial charge in [-0.15, -0.1) is 0 Å². The number of rotatable bonds is 2. The minimum atomic E-state index is -0.759. The van der Waals surface area contributed by atoms with E-state index in [9.17, 15) is 4.79 Å². The van der Waals surface area contributed by atoms with Gasteiger partial charge in [0.15, 0.2) is 6.54 Å². The van der Waals surface area contributed by atoms with E-state index >= 15 is 0 Å². The Morgan fingerprint density at radius 2 is 2.00 bits per heavy atom. The normalized spacial score (nSPS) is 11.4. The summed E-state index contributed by atoms with van der Waals surface area (Å²) in [6.45, 7) is 6.10.